The first-order valence-corrected chi connectivity index (χ1v) is 6.79. The zero-order valence-electron chi connectivity index (χ0n) is 8.07. The summed E-state index contributed by atoms with van der Waals surface area (Å²) < 4.78 is 25.1. The maximum Gasteiger partial charge on any atom is 0.214 e. The molecular formula is C9H17NO2S. The number of fused-ring (bicyclic) bond motifs is 1. The fourth-order valence-corrected chi connectivity index (χ4v) is 4.42. The summed E-state index contributed by atoms with van der Waals surface area (Å²) in [5, 5.41) is 0. The Balaban J connectivity index is 2.03. The summed E-state index contributed by atoms with van der Waals surface area (Å²) in [4.78, 5) is 0. The average Bonchev–Trinajstić information content (AvgIpc) is 2.77. The molecule has 1 saturated carbocycles. The second-order valence-corrected chi connectivity index (χ2v) is 6.06. The molecule has 0 radical (unpaired) electrons. The standard InChI is InChI=1S/C9H17NO2S/c1-2-7-13(11,12)10-8-5-3-4-6-9(8)10/h8-9H,2-7H2,1H3. The molecule has 0 N–H and O–H groups in total. The lowest BCUT2D eigenvalue weighted by molar-refractivity contribution is 0.543. The lowest BCUT2D eigenvalue weighted by Gasteiger charge is -2.02. The smallest absolute Gasteiger partial charge is 0.212 e. The summed E-state index contributed by atoms with van der Waals surface area (Å²) in [6, 6.07) is 0.760. The topological polar surface area (TPSA) is 37.1 Å². The quantitative estimate of drug-likeness (QED) is 0.649. The minimum absolute atomic E-state index is 0.333. The van der Waals surface area contributed by atoms with E-state index in [0.717, 1.165) is 19.3 Å². The Morgan fingerprint density at radius 3 is 2.23 bits per heavy atom. The number of nitrogens with zero attached hydrogens (tertiary/aromatic N) is 1. The third-order valence-electron chi connectivity index (χ3n) is 3.04. The molecule has 1 aliphatic heterocycles. The molecule has 0 aromatic carbocycles. The van der Waals surface area contributed by atoms with Gasteiger partial charge >= 0.3 is 0 Å². The van der Waals surface area contributed by atoms with Crippen molar-refractivity contribution in [3.05, 3.63) is 0 Å². The van der Waals surface area contributed by atoms with Gasteiger partial charge in [-0.15, -0.1) is 0 Å². The first-order valence-electron chi connectivity index (χ1n) is 5.18. The van der Waals surface area contributed by atoms with Gasteiger partial charge in [-0.25, -0.2) is 8.42 Å². The van der Waals surface area contributed by atoms with Gasteiger partial charge in [0, 0.05) is 12.1 Å². The van der Waals surface area contributed by atoms with Crippen molar-refractivity contribution in [3.8, 4) is 0 Å². The van der Waals surface area contributed by atoms with Crippen molar-refractivity contribution >= 4 is 10.0 Å². The summed E-state index contributed by atoms with van der Waals surface area (Å²) >= 11 is 0. The van der Waals surface area contributed by atoms with Crippen molar-refractivity contribution < 1.29 is 8.42 Å². The van der Waals surface area contributed by atoms with E-state index in [9.17, 15) is 8.42 Å². The van der Waals surface area contributed by atoms with Crippen molar-refractivity contribution in [1.29, 1.82) is 0 Å². The molecule has 4 heteroatoms. The van der Waals surface area contributed by atoms with E-state index in [0.29, 0.717) is 17.8 Å². The normalized spacial score (nSPS) is 38.4. The van der Waals surface area contributed by atoms with Crippen LogP contribution in [0.3, 0.4) is 0 Å². The Labute approximate surface area is 80.2 Å². The predicted octanol–water partition coefficient (Wildman–Crippen LogP) is 1.35. The van der Waals surface area contributed by atoms with Gasteiger partial charge in [0.25, 0.3) is 0 Å². The maximum atomic E-state index is 11.7. The monoisotopic (exact) mass is 203 g/mol. The molecule has 13 heavy (non-hydrogen) atoms. The molecule has 2 aliphatic rings. The van der Waals surface area contributed by atoms with Crippen LogP contribution in [0.25, 0.3) is 0 Å². The van der Waals surface area contributed by atoms with Crippen LogP contribution in [0.5, 0.6) is 0 Å². The van der Waals surface area contributed by atoms with E-state index in [4.69, 9.17) is 0 Å². The Hall–Kier alpha value is -0.0900. The molecule has 2 rings (SSSR count). The Kier molecular flexibility index (Phi) is 2.36. The molecule has 0 spiro atoms. The van der Waals surface area contributed by atoms with Crippen molar-refractivity contribution in [2.24, 2.45) is 0 Å². The number of hydrogen-bond donors (Lipinski definition) is 0. The highest BCUT2D eigenvalue weighted by molar-refractivity contribution is 7.89. The third kappa shape index (κ3) is 1.62. The summed E-state index contributed by atoms with van der Waals surface area (Å²) in [6.45, 7) is 1.92. The summed E-state index contributed by atoms with van der Waals surface area (Å²) in [5.74, 6) is 0.333. The lowest BCUT2D eigenvalue weighted by Crippen LogP contribution is -2.18. The van der Waals surface area contributed by atoms with E-state index >= 15 is 0 Å². The maximum absolute atomic E-state index is 11.7. The van der Waals surface area contributed by atoms with Crippen LogP contribution in [0, 0.1) is 0 Å². The molecule has 1 saturated heterocycles. The van der Waals surface area contributed by atoms with E-state index < -0.39 is 10.0 Å². The van der Waals surface area contributed by atoms with Crippen LogP contribution in [0.15, 0.2) is 0 Å². The zero-order valence-corrected chi connectivity index (χ0v) is 8.89. The van der Waals surface area contributed by atoms with Gasteiger partial charge in [0.05, 0.1) is 5.75 Å². The number of hydrogen-bond acceptors (Lipinski definition) is 2. The molecule has 0 bridgehead atoms. The Morgan fingerprint density at radius 1 is 1.23 bits per heavy atom. The van der Waals surface area contributed by atoms with Gasteiger partial charge in [-0.2, -0.15) is 4.31 Å². The van der Waals surface area contributed by atoms with Crippen molar-refractivity contribution in [1.82, 2.24) is 4.31 Å². The van der Waals surface area contributed by atoms with Gasteiger partial charge in [0.15, 0.2) is 0 Å². The largest absolute Gasteiger partial charge is 0.214 e. The van der Waals surface area contributed by atoms with E-state index in [1.165, 1.54) is 12.8 Å². The van der Waals surface area contributed by atoms with Crippen LogP contribution >= 0.6 is 0 Å². The van der Waals surface area contributed by atoms with E-state index in [1.54, 1.807) is 4.31 Å². The van der Waals surface area contributed by atoms with E-state index in [1.807, 2.05) is 6.92 Å². The van der Waals surface area contributed by atoms with Crippen LogP contribution < -0.4 is 0 Å². The molecule has 0 amide bonds. The number of sulfonamides is 1. The summed E-state index contributed by atoms with van der Waals surface area (Å²) in [7, 11) is -2.89. The van der Waals surface area contributed by atoms with Crippen molar-refractivity contribution in [3.63, 3.8) is 0 Å². The minimum atomic E-state index is -2.89. The van der Waals surface area contributed by atoms with Gasteiger partial charge in [0.2, 0.25) is 10.0 Å². The highest BCUT2D eigenvalue weighted by atomic mass is 32.2. The van der Waals surface area contributed by atoms with Crippen molar-refractivity contribution in [2.75, 3.05) is 5.75 Å². The van der Waals surface area contributed by atoms with Crippen LogP contribution in [-0.4, -0.2) is 30.6 Å². The van der Waals surface area contributed by atoms with Crippen LogP contribution in [-0.2, 0) is 10.0 Å². The van der Waals surface area contributed by atoms with Gasteiger partial charge in [0.1, 0.15) is 0 Å². The van der Waals surface area contributed by atoms with Crippen molar-refractivity contribution in [2.45, 2.75) is 51.1 Å². The Morgan fingerprint density at radius 2 is 1.77 bits per heavy atom. The van der Waals surface area contributed by atoms with Gasteiger partial charge in [-0.1, -0.05) is 19.8 Å². The van der Waals surface area contributed by atoms with Gasteiger partial charge in [-0.05, 0) is 19.3 Å². The fraction of sp³-hybridized carbons (Fsp3) is 1.00. The Bertz CT molecular complexity index is 274. The van der Waals surface area contributed by atoms with E-state index in [2.05, 4.69) is 0 Å². The molecule has 3 nitrogen and oxygen atoms in total. The minimum Gasteiger partial charge on any atom is -0.212 e. The second-order valence-electron chi connectivity index (χ2n) is 4.07. The molecule has 2 unspecified atom stereocenters. The predicted molar refractivity (Wildman–Crippen MR) is 52.0 cm³/mol. The molecule has 76 valence electrons. The third-order valence-corrected chi connectivity index (χ3v) is 5.15. The summed E-state index contributed by atoms with van der Waals surface area (Å²) in [6.07, 6.45) is 5.33. The van der Waals surface area contributed by atoms with E-state index in [-0.39, 0.29) is 0 Å². The second kappa shape index (κ2) is 3.24. The molecular weight excluding hydrogens is 186 g/mol. The van der Waals surface area contributed by atoms with Crippen LogP contribution in [0.1, 0.15) is 39.0 Å². The molecule has 2 atom stereocenters. The van der Waals surface area contributed by atoms with Gasteiger partial charge < -0.3 is 0 Å². The zero-order chi connectivity index (χ0) is 9.47. The fourth-order valence-electron chi connectivity index (χ4n) is 2.43. The highest BCUT2D eigenvalue weighted by Crippen LogP contribution is 2.42. The molecule has 2 fully saturated rings. The molecule has 1 heterocycles. The first kappa shape index (κ1) is 9.46. The van der Waals surface area contributed by atoms with Crippen LogP contribution in [0.4, 0.5) is 0 Å². The lowest BCUT2D eigenvalue weighted by atomic mass is 10.0. The SMILES string of the molecule is CCCS(=O)(=O)N1C2CCCCC21. The summed E-state index contributed by atoms with van der Waals surface area (Å²) in [5.41, 5.74) is 0. The molecule has 1 aliphatic carbocycles. The molecule has 0 aromatic heterocycles. The number of rotatable bonds is 3. The molecule has 0 aromatic rings. The average molecular weight is 203 g/mol. The van der Waals surface area contributed by atoms with Crippen LogP contribution in [0.2, 0.25) is 0 Å². The van der Waals surface area contributed by atoms with Gasteiger partial charge in [-0.3, -0.25) is 0 Å². The highest BCUT2D eigenvalue weighted by Gasteiger charge is 2.54. The first-order chi connectivity index (χ1) is 6.17.